The van der Waals surface area contributed by atoms with Crippen molar-refractivity contribution in [1.29, 1.82) is 0 Å². The first-order valence-electron chi connectivity index (χ1n) is 8.70. The van der Waals surface area contributed by atoms with Crippen LogP contribution in [0.25, 0.3) is 0 Å². The van der Waals surface area contributed by atoms with Crippen molar-refractivity contribution >= 4 is 15.9 Å². The van der Waals surface area contributed by atoms with E-state index in [1.165, 1.54) is 17.2 Å². The van der Waals surface area contributed by atoms with Crippen LogP contribution in [-0.4, -0.2) is 18.6 Å². The molecule has 27 heavy (non-hydrogen) atoms. The minimum Gasteiger partial charge on any atom is -0.506 e. The van der Waals surface area contributed by atoms with Crippen LogP contribution in [0.3, 0.4) is 0 Å². The van der Waals surface area contributed by atoms with Gasteiger partial charge in [-0.05, 0) is 47.1 Å². The monoisotopic (exact) mass is 388 g/mol. The second-order valence-electron chi connectivity index (χ2n) is 7.69. The molecule has 0 saturated heterocycles. The summed E-state index contributed by atoms with van der Waals surface area (Å²) in [5.74, 6) is -0.649. The highest BCUT2D eigenvalue weighted by Gasteiger charge is 2.30. The molecular weight excluding hydrogens is 364 g/mol. The van der Waals surface area contributed by atoms with Crippen LogP contribution in [0.2, 0.25) is 0 Å². The van der Waals surface area contributed by atoms with E-state index in [1.54, 1.807) is 12.1 Å². The van der Waals surface area contributed by atoms with Crippen molar-refractivity contribution in [1.82, 2.24) is 4.72 Å². The number of aliphatic hydroxyl groups is 1. The average Bonchev–Trinajstić information content (AvgIpc) is 2.85. The number of benzene rings is 2. The lowest BCUT2D eigenvalue weighted by atomic mass is 9.86. The Hall–Kier alpha value is -2.67. The third-order valence-electron chi connectivity index (χ3n) is 4.53. The summed E-state index contributed by atoms with van der Waals surface area (Å²) in [4.78, 5) is 0. The van der Waals surface area contributed by atoms with Gasteiger partial charge >= 0.3 is 10.2 Å². The van der Waals surface area contributed by atoms with Gasteiger partial charge in [0.25, 0.3) is 0 Å². The number of nitrogens with one attached hydrogen (secondary N) is 1. The standard InChI is InChI=1S/C20H24N2O4S/c1-20(2,3)16-9-6-14(7-10-16)4-5-15-8-11-17(18(23)12-15)22-13-19(24)21-27(22,25)26/h6-13,21,23-24H,4-5H2,1-3H3. The predicted molar refractivity (Wildman–Crippen MR) is 106 cm³/mol. The summed E-state index contributed by atoms with van der Waals surface area (Å²) in [6.07, 6.45) is 2.54. The fraction of sp³-hybridized carbons (Fsp3) is 0.300. The molecule has 0 spiro atoms. The van der Waals surface area contributed by atoms with Gasteiger partial charge in [0.15, 0.2) is 0 Å². The van der Waals surface area contributed by atoms with E-state index in [2.05, 4.69) is 45.0 Å². The molecule has 0 radical (unpaired) electrons. The van der Waals surface area contributed by atoms with Crippen molar-refractivity contribution in [2.45, 2.75) is 39.0 Å². The fourth-order valence-electron chi connectivity index (χ4n) is 2.96. The molecule has 0 saturated carbocycles. The normalized spacial score (nSPS) is 16.1. The molecular formula is C20H24N2O4S. The highest BCUT2D eigenvalue weighted by molar-refractivity contribution is 7.91. The van der Waals surface area contributed by atoms with Crippen LogP contribution in [-0.2, 0) is 28.5 Å². The Labute approximate surface area is 160 Å². The van der Waals surface area contributed by atoms with Crippen LogP contribution in [0, 0.1) is 0 Å². The molecule has 1 aliphatic heterocycles. The second-order valence-corrected chi connectivity index (χ2v) is 9.23. The Morgan fingerprint density at radius 3 is 2.07 bits per heavy atom. The molecule has 0 bridgehead atoms. The molecule has 2 aromatic carbocycles. The Kier molecular flexibility index (Phi) is 4.82. The van der Waals surface area contributed by atoms with Gasteiger partial charge < -0.3 is 10.2 Å². The molecule has 3 N–H and O–H groups in total. The molecule has 1 heterocycles. The highest BCUT2D eigenvalue weighted by atomic mass is 32.2. The number of hydrogen-bond acceptors (Lipinski definition) is 4. The van der Waals surface area contributed by atoms with Gasteiger partial charge in [0.2, 0.25) is 5.88 Å². The largest absolute Gasteiger partial charge is 0.506 e. The number of anilines is 1. The maximum Gasteiger partial charge on any atom is 0.330 e. The van der Waals surface area contributed by atoms with Crippen molar-refractivity contribution < 1.29 is 18.6 Å². The maximum atomic E-state index is 11.9. The Morgan fingerprint density at radius 2 is 1.56 bits per heavy atom. The average molecular weight is 388 g/mol. The third kappa shape index (κ3) is 4.19. The SMILES string of the molecule is CC(C)(C)c1ccc(CCc2ccc(N3C=C(O)NS3(=O)=O)c(O)c2)cc1. The molecule has 7 heteroatoms. The molecule has 144 valence electrons. The summed E-state index contributed by atoms with van der Waals surface area (Å²) in [7, 11) is -3.92. The molecule has 0 amide bonds. The maximum absolute atomic E-state index is 11.9. The van der Waals surface area contributed by atoms with E-state index in [0.29, 0.717) is 0 Å². The summed E-state index contributed by atoms with van der Waals surface area (Å²) in [6, 6.07) is 13.4. The van der Waals surface area contributed by atoms with Crippen LogP contribution >= 0.6 is 0 Å². The van der Waals surface area contributed by atoms with Gasteiger partial charge in [-0.15, -0.1) is 0 Å². The van der Waals surface area contributed by atoms with Crippen molar-refractivity contribution in [3.63, 3.8) is 0 Å². The Morgan fingerprint density at radius 1 is 0.963 bits per heavy atom. The molecule has 6 nitrogen and oxygen atoms in total. The van der Waals surface area contributed by atoms with Crippen LogP contribution in [0.4, 0.5) is 5.69 Å². The van der Waals surface area contributed by atoms with Crippen LogP contribution in [0.1, 0.15) is 37.5 Å². The number of aromatic hydroxyl groups is 1. The molecule has 0 unspecified atom stereocenters. The third-order valence-corrected chi connectivity index (χ3v) is 5.82. The number of aliphatic hydroxyl groups excluding tert-OH is 1. The van der Waals surface area contributed by atoms with E-state index < -0.39 is 16.1 Å². The lowest BCUT2D eigenvalue weighted by Crippen LogP contribution is -2.29. The summed E-state index contributed by atoms with van der Waals surface area (Å²) in [5.41, 5.74) is 3.59. The summed E-state index contributed by atoms with van der Waals surface area (Å²) in [6.45, 7) is 6.53. The van der Waals surface area contributed by atoms with Gasteiger partial charge in [-0.1, -0.05) is 51.1 Å². The van der Waals surface area contributed by atoms with E-state index in [1.807, 2.05) is 4.72 Å². The van der Waals surface area contributed by atoms with E-state index in [4.69, 9.17) is 0 Å². The zero-order valence-corrected chi connectivity index (χ0v) is 16.4. The van der Waals surface area contributed by atoms with Gasteiger partial charge in [-0.25, -0.2) is 9.03 Å². The molecule has 0 atom stereocenters. The fourth-order valence-corrected chi connectivity index (χ4v) is 4.03. The second kappa shape index (κ2) is 6.81. The molecule has 0 aliphatic carbocycles. The van der Waals surface area contributed by atoms with Gasteiger partial charge in [-0.2, -0.15) is 8.42 Å². The first kappa shape index (κ1) is 19.1. The minimum atomic E-state index is -3.92. The quantitative estimate of drug-likeness (QED) is 0.748. The molecule has 3 rings (SSSR count). The number of hydrogen-bond donors (Lipinski definition) is 3. The number of rotatable bonds is 4. The number of nitrogens with zero attached hydrogens (tertiary/aromatic N) is 1. The Bertz CT molecular complexity index is 974. The number of aryl methyl sites for hydroxylation is 2. The smallest absolute Gasteiger partial charge is 0.330 e. The molecule has 2 aromatic rings. The number of phenols is 1. The molecule has 1 aliphatic rings. The predicted octanol–water partition coefficient (Wildman–Crippen LogP) is 3.49. The first-order chi connectivity index (χ1) is 12.6. The van der Waals surface area contributed by atoms with Gasteiger partial charge in [0, 0.05) is 0 Å². The Balaban J connectivity index is 1.72. The van der Waals surface area contributed by atoms with Gasteiger partial charge in [-0.3, -0.25) is 0 Å². The lowest BCUT2D eigenvalue weighted by molar-refractivity contribution is 0.392. The lowest BCUT2D eigenvalue weighted by Gasteiger charge is -2.19. The topological polar surface area (TPSA) is 89.9 Å². The van der Waals surface area contributed by atoms with Gasteiger partial charge in [0.1, 0.15) is 11.4 Å². The van der Waals surface area contributed by atoms with Crippen molar-refractivity contribution in [3.05, 3.63) is 71.2 Å². The first-order valence-corrected chi connectivity index (χ1v) is 10.1. The van der Waals surface area contributed by atoms with Gasteiger partial charge in [0.05, 0.1) is 6.20 Å². The minimum absolute atomic E-state index is 0.0878. The molecule has 0 fully saturated rings. The van der Waals surface area contributed by atoms with Crippen LogP contribution in [0.15, 0.2) is 54.5 Å². The van der Waals surface area contributed by atoms with Crippen LogP contribution < -0.4 is 9.03 Å². The van der Waals surface area contributed by atoms with E-state index in [-0.39, 0.29) is 16.9 Å². The zero-order chi connectivity index (χ0) is 19.8. The van der Waals surface area contributed by atoms with E-state index in [0.717, 1.165) is 28.9 Å². The van der Waals surface area contributed by atoms with Crippen molar-refractivity contribution in [2.75, 3.05) is 4.31 Å². The van der Waals surface area contributed by atoms with E-state index in [9.17, 15) is 18.6 Å². The van der Waals surface area contributed by atoms with Crippen molar-refractivity contribution in [2.24, 2.45) is 0 Å². The summed E-state index contributed by atoms with van der Waals surface area (Å²) < 4.78 is 26.6. The van der Waals surface area contributed by atoms with Crippen LogP contribution in [0.5, 0.6) is 5.75 Å². The van der Waals surface area contributed by atoms with Crippen molar-refractivity contribution in [3.8, 4) is 5.75 Å². The summed E-state index contributed by atoms with van der Waals surface area (Å²) in [5, 5.41) is 19.6. The summed E-state index contributed by atoms with van der Waals surface area (Å²) >= 11 is 0. The number of phenolic OH excluding ortho intramolecular Hbond substituents is 1. The zero-order valence-electron chi connectivity index (χ0n) is 15.6. The van der Waals surface area contributed by atoms with E-state index >= 15 is 0 Å². The molecule has 0 aromatic heterocycles. The highest BCUT2D eigenvalue weighted by Crippen LogP contribution is 2.32.